The Bertz CT molecular complexity index is 1720. The number of fused-ring (bicyclic) bond motifs is 2. The van der Waals surface area contributed by atoms with Gasteiger partial charge in [0.05, 0.1) is 21.5 Å². The summed E-state index contributed by atoms with van der Waals surface area (Å²) in [4.78, 5) is 0. The number of nitrogens with zero attached hydrogens (tertiary/aromatic N) is 2. The largest absolute Gasteiger partial charge is 0.714 e. The standard InChI is InChI=1S/C29H20N2O2/c1-17-13-15-30-27-21(17)11-9-19-5-3-7-23(25(19)27)32-29(30)31-16-14-18(2)22-12-10-20-6-4-8-24(33-29)26(20)28(22)31/h3-16H,1-2H3/q+2. The van der Waals surface area contributed by atoms with Gasteiger partial charge in [0.25, 0.3) is 0 Å². The molecule has 0 amide bonds. The van der Waals surface area contributed by atoms with Gasteiger partial charge in [0.15, 0.2) is 23.9 Å². The lowest BCUT2D eigenvalue weighted by molar-refractivity contribution is -1.05. The number of benzene rings is 4. The molecule has 0 radical (unpaired) electrons. The molecule has 156 valence electrons. The molecule has 0 saturated carbocycles. The second-order valence-corrected chi connectivity index (χ2v) is 9.12. The van der Waals surface area contributed by atoms with Gasteiger partial charge in [0.2, 0.25) is 11.0 Å². The minimum absolute atomic E-state index is 0.830. The molecule has 0 unspecified atom stereocenters. The predicted molar refractivity (Wildman–Crippen MR) is 127 cm³/mol. The smallest absolute Gasteiger partial charge is 0.340 e. The Labute approximate surface area is 189 Å². The number of hydrogen-bond acceptors (Lipinski definition) is 2. The number of pyridine rings is 2. The lowest BCUT2D eigenvalue weighted by Gasteiger charge is -2.30. The normalized spacial score (nSPS) is 15.1. The van der Waals surface area contributed by atoms with Crippen LogP contribution in [0.2, 0.25) is 0 Å². The highest BCUT2D eigenvalue weighted by molar-refractivity contribution is 6.09. The first-order valence-corrected chi connectivity index (χ1v) is 11.3. The Morgan fingerprint density at radius 3 is 1.55 bits per heavy atom. The molecule has 4 heteroatoms. The van der Waals surface area contributed by atoms with Gasteiger partial charge in [-0.15, -0.1) is 0 Å². The maximum atomic E-state index is 6.88. The highest BCUT2D eigenvalue weighted by Gasteiger charge is 2.64. The van der Waals surface area contributed by atoms with Crippen LogP contribution in [-0.4, -0.2) is 0 Å². The van der Waals surface area contributed by atoms with E-state index in [0.717, 1.165) is 44.1 Å². The van der Waals surface area contributed by atoms with E-state index < -0.39 is 6.03 Å². The van der Waals surface area contributed by atoms with Crippen molar-refractivity contribution >= 4 is 43.4 Å². The zero-order chi connectivity index (χ0) is 21.9. The fourth-order valence-corrected chi connectivity index (χ4v) is 5.75. The highest BCUT2D eigenvalue weighted by Crippen LogP contribution is 2.42. The average molecular weight is 428 g/mol. The number of rotatable bonds is 0. The third-order valence-electron chi connectivity index (χ3n) is 7.33. The van der Waals surface area contributed by atoms with Crippen LogP contribution in [0.25, 0.3) is 43.4 Å². The van der Waals surface area contributed by atoms with Crippen molar-refractivity contribution in [3.63, 3.8) is 0 Å². The van der Waals surface area contributed by atoms with E-state index in [1.54, 1.807) is 0 Å². The van der Waals surface area contributed by atoms with Crippen molar-refractivity contribution in [3.05, 3.63) is 96.3 Å². The Kier molecular flexibility index (Phi) is 2.95. The van der Waals surface area contributed by atoms with E-state index >= 15 is 0 Å². The molecule has 6 aromatic rings. The van der Waals surface area contributed by atoms with Gasteiger partial charge in [-0.25, -0.2) is 0 Å². The first kappa shape index (κ1) is 17.4. The molecule has 4 aromatic carbocycles. The van der Waals surface area contributed by atoms with Crippen molar-refractivity contribution in [1.82, 2.24) is 0 Å². The summed E-state index contributed by atoms with van der Waals surface area (Å²) >= 11 is 0. The average Bonchev–Trinajstić information content (AvgIpc) is 2.83. The maximum absolute atomic E-state index is 6.88. The Hall–Kier alpha value is -4.18. The quantitative estimate of drug-likeness (QED) is 0.239. The molecule has 2 aliphatic heterocycles. The number of ether oxygens (including phenoxy) is 2. The molecular formula is C29H20N2O2+2. The van der Waals surface area contributed by atoms with Crippen molar-refractivity contribution in [2.24, 2.45) is 0 Å². The van der Waals surface area contributed by atoms with E-state index in [2.05, 4.69) is 96.0 Å². The third-order valence-corrected chi connectivity index (χ3v) is 7.33. The molecule has 2 aliphatic rings. The van der Waals surface area contributed by atoms with Crippen LogP contribution in [0.3, 0.4) is 0 Å². The molecule has 4 heterocycles. The molecular weight excluding hydrogens is 408 g/mol. The molecule has 0 saturated heterocycles. The van der Waals surface area contributed by atoms with Crippen LogP contribution < -0.4 is 18.6 Å². The van der Waals surface area contributed by atoms with Gasteiger partial charge in [0, 0.05) is 12.1 Å². The van der Waals surface area contributed by atoms with Crippen LogP contribution >= 0.6 is 0 Å². The summed E-state index contributed by atoms with van der Waals surface area (Å²) in [6.07, 6.45) is 4.19. The SMILES string of the molecule is Cc1cc[n+]2c3c1ccc1cccc(c13)OC21Oc2cccc3ccc4c(C)cc[n+]1c4c23. The summed E-state index contributed by atoms with van der Waals surface area (Å²) in [6.45, 7) is 4.32. The van der Waals surface area contributed by atoms with Gasteiger partial charge in [-0.1, -0.05) is 45.5 Å². The van der Waals surface area contributed by atoms with Gasteiger partial charge < -0.3 is 9.47 Å². The van der Waals surface area contributed by atoms with Gasteiger partial charge in [-0.2, -0.15) is 0 Å². The van der Waals surface area contributed by atoms with Crippen LogP contribution in [0.4, 0.5) is 0 Å². The Morgan fingerprint density at radius 1 is 0.576 bits per heavy atom. The van der Waals surface area contributed by atoms with Crippen LogP contribution in [0.15, 0.2) is 85.2 Å². The van der Waals surface area contributed by atoms with Crippen LogP contribution in [0, 0.1) is 13.8 Å². The first-order chi connectivity index (χ1) is 16.2. The van der Waals surface area contributed by atoms with E-state index in [-0.39, 0.29) is 0 Å². The molecule has 2 aromatic heterocycles. The second-order valence-electron chi connectivity index (χ2n) is 9.12. The van der Waals surface area contributed by atoms with Gasteiger partial charge >= 0.3 is 6.03 Å². The summed E-state index contributed by atoms with van der Waals surface area (Å²) in [5, 5.41) is 6.95. The van der Waals surface area contributed by atoms with E-state index in [0.29, 0.717) is 0 Å². The van der Waals surface area contributed by atoms with Gasteiger partial charge in [-0.3, -0.25) is 0 Å². The Balaban J connectivity index is 1.62. The summed E-state index contributed by atoms with van der Waals surface area (Å²) in [7, 11) is 0. The minimum atomic E-state index is -1.21. The lowest BCUT2D eigenvalue weighted by Crippen LogP contribution is -2.81. The van der Waals surface area contributed by atoms with Gasteiger partial charge in [0.1, 0.15) is 0 Å². The van der Waals surface area contributed by atoms with Crippen molar-refractivity contribution in [2.45, 2.75) is 19.9 Å². The van der Waals surface area contributed by atoms with Crippen LogP contribution in [0.1, 0.15) is 11.1 Å². The highest BCUT2D eigenvalue weighted by atomic mass is 16.7. The van der Waals surface area contributed by atoms with Crippen molar-refractivity contribution in [3.8, 4) is 11.5 Å². The van der Waals surface area contributed by atoms with Gasteiger partial charge in [-0.05, 0) is 60.0 Å². The molecule has 4 nitrogen and oxygen atoms in total. The molecule has 8 rings (SSSR count). The van der Waals surface area contributed by atoms with E-state index in [9.17, 15) is 0 Å². The molecule has 0 aliphatic carbocycles. The number of aryl methyl sites for hydroxylation is 2. The zero-order valence-electron chi connectivity index (χ0n) is 18.3. The summed E-state index contributed by atoms with van der Waals surface area (Å²) in [5.74, 6) is 1.66. The summed E-state index contributed by atoms with van der Waals surface area (Å²) in [5.41, 5.74) is 4.71. The molecule has 1 spiro atoms. The molecule has 33 heavy (non-hydrogen) atoms. The van der Waals surface area contributed by atoms with E-state index in [4.69, 9.17) is 9.47 Å². The fraction of sp³-hybridized carbons (Fsp3) is 0.103. The van der Waals surface area contributed by atoms with Crippen LogP contribution in [-0.2, 0) is 6.03 Å². The zero-order valence-corrected chi connectivity index (χ0v) is 18.3. The number of aromatic nitrogens is 2. The molecule has 0 atom stereocenters. The fourth-order valence-electron chi connectivity index (χ4n) is 5.75. The van der Waals surface area contributed by atoms with Crippen molar-refractivity contribution in [2.75, 3.05) is 0 Å². The van der Waals surface area contributed by atoms with E-state index in [1.165, 1.54) is 21.9 Å². The van der Waals surface area contributed by atoms with Crippen LogP contribution in [0.5, 0.6) is 11.5 Å². The first-order valence-electron chi connectivity index (χ1n) is 11.3. The third kappa shape index (κ3) is 1.94. The topological polar surface area (TPSA) is 26.2 Å². The van der Waals surface area contributed by atoms with E-state index in [1.807, 2.05) is 12.1 Å². The molecule has 0 N–H and O–H groups in total. The maximum Gasteiger partial charge on any atom is 0.714 e. The molecule has 0 bridgehead atoms. The van der Waals surface area contributed by atoms with Crippen molar-refractivity contribution < 1.29 is 18.6 Å². The number of hydrogen-bond donors (Lipinski definition) is 0. The monoisotopic (exact) mass is 428 g/mol. The minimum Gasteiger partial charge on any atom is -0.340 e. The summed E-state index contributed by atoms with van der Waals surface area (Å²) < 4.78 is 18.1. The predicted octanol–water partition coefficient (Wildman–Crippen LogP) is 5.39. The lowest BCUT2D eigenvalue weighted by atomic mass is 9.99. The van der Waals surface area contributed by atoms with Crippen molar-refractivity contribution in [1.29, 1.82) is 0 Å². The summed E-state index contributed by atoms with van der Waals surface area (Å²) in [6, 6.07) is 24.3. The second kappa shape index (κ2) is 5.59. The Morgan fingerprint density at radius 2 is 1.06 bits per heavy atom. The molecule has 0 fully saturated rings.